The summed E-state index contributed by atoms with van der Waals surface area (Å²) in [5.74, 6) is -1.39. The monoisotopic (exact) mass is 461 g/mol. The molecule has 168 valence electrons. The standard InChI is InChI=1S/C20H20ClN5O6/c1-4-11(2)20(29)32-8-7-25-18(27)14(10-22)12(3)17(19(25)28)24-23-15-6-5-13(21)9-16(15)26(30)31/h5-6,9,11,27H,4,7-8H2,1-3H3. The van der Waals surface area contributed by atoms with Crippen LogP contribution in [0.3, 0.4) is 0 Å². The van der Waals surface area contributed by atoms with Gasteiger partial charge in [0.15, 0.2) is 11.4 Å². The minimum absolute atomic E-state index is 0.0446. The van der Waals surface area contributed by atoms with Crippen LogP contribution < -0.4 is 5.56 Å². The van der Waals surface area contributed by atoms with Crippen LogP contribution in [0.15, 0.2) is 33.2 Å². The number of azo groups is 1. The van der Waals surface area contributed by atoms with E-state index in [1.54, 1.807) is 13.0 Å². The van der Waals surface area contributed by atoms with Gasteiger partial charge in [0.2, 0.25) is 5.88 Å². The molecule has 0 aliphatic heterocycles. The van der Waals surface area contributed by atoms with Gasteiger partial charge < -0.3 is 9.84 Å². The molecule has 0 aliphatic rings. The predicted molar refractivity (Wildman–Crippen MR) is 115 cm³/mol. The first-order chi connectivity index (χ1) is 15.1. The first-order valence-electron chi connectivity index (χ1n) is 9.51. The average Bonchev–Trinajstić information content (AvgIpc) is 2.76. The summed E-state index contributed by atoms with van der Waals surface area (Å²) < 4.78 is 5.93. The van der Waals surface area contributed by atoms with Gasteiger partial charge in [-0.1, -0.05) is 25.4 Å². The smallest absolute Gasteiger partial charge is 0.308 e. The molecule has 32 heavy (non-hydrogen) atoms. The summed E-state index contributed by atoms with van der Waals surface area (Å²) in [6, 6.07) is 5.51. The summed E-state index contributed by atoms with van der Waals surface area (Å²) in [6.07, 6.45) is 0.578. The Kier molecular flexibility index (Phi) is 8.03. The minimum Gasteiger partial charge on any atom is -0.493 e. The van der Waals surface area contributed by atoms with Crippen LogP contribution in [0.1, 0.15) is 31.4 Å². The molecule has 1 aromatic heterocycles. The first-order valence-corrected chi connectivity index (χ1v) is 9.88. The molecule has 0 bridgehead atoms. The molecular weight excluding hydrogens is 442 g/mol. The maximum absolute atomic E-state index is 12.9. The van der Waals surface area contributed by atoms with Gasteiger partial charge in [0.1, 0.15) is 18.2 Å². The number of halogens is 1. The number of carbonyl (C=O) groups is 1. The van der Waals surface area contributed by atoms with E-state index in [0.29, 0.717) is 6.42 Å². The Morgan fingerprint density at radius 2 is 2.12 bits per heavy atom. The summed E-state index contributed by atoms with van der Waals surface area (Å²) >= 11 is 5.78. The number of hydrogen-bond donors (Lipinski definition) is 1. The molecule has 0 saturated heterocycles. The molecule has 2 aromatic rings. The van der Waals surface area contributed by atoms with Crippen molar-refractivity contribution >= 4 is 34.6 Å². The molecule has 1 heterocycles. The van der Waals surface area contributed by atoms with Crippen LogP contribution in [0.2, 0.25) is 5.02 Å². The van der Waals surface area contributed by atoms with E-state index in [1.165, 1.54) is 19.1 Å². The molecule has 0 amide bonds. The van der Waals surface area contributed by atoms with Crippen LogP contribution in [0.25, 0.3) is 0 Å². The van der Waals surface area contributed by atoms with Crippen molar-refractivity contribution in [2.75, 3.05) is 6.61 Å². The number of aromatic nitrogens is 1. The minimum atomic E-state index is -0.807. The lowest BCUT2D eigenvalue weighted by Crippen LogP contribution is -2.25. The van der Waals surface area contributed by atoms with Crippen LogP contribution in [0.4, 0.5) is 17.1 Å². The molecule has 1 N–H and O–H groups in total. The second-order valence-electron chi connectivity index (χ2n) is 6.81. The van der Waals surface area contributed by atoms with Crippen LogP contribution in [-0.2, 0) is 16.1 Å². The highest BCUT2D eigenvalue weighted by Gasteiger charge is 2.21. The highest BCUT2D eigenvalue weighted by atomic mass is 35.5. The first kappa shape index (κ1) is 24.5. The van der Waals surface area contributed by atoms with E-state index < -0.39 is 28.0 Å². The van der Waals surface area contributed by atoms with Crippen molar-refractivity contribution in [3.8, 4) is 11.9 Å². The number of ether oxygens (including phenoxy) is 1. The molecule has 0 aliphatic carbocycles. The summed E-state index contributed by atoms with van der Waals surface area (Å²) in [5, 5.41) is 38.7. The van der Waals surface area contributed by atoms with Crippen LogP contribution in [-0.4, -0.2) is 27.2 Å². The number of benzene rings is 1. The second-order valence-corrected chi connectivity index (χ2v) is 7.24. The van der Waals surface area contributed by atoms with Gasteiger partial charge in [0, 0.05) is 16.7 Å². The number of rotatable bonds is 8. The van der Waals surface area contributed by atoms with Gasteiger partial charge in [-0.05, 0) is 25.5 Å². The van der Waals surface area contributed by atoms with Crippen molar-refractivity contribution in [1.82, 2.24) is 4.57 Å². The number of esters is 1. The normalized spacial score (nSPS) is 11.8. The lowest BCUT2D eigenvalue weighted by Gasteiger charge is -2.14. The molecular formula is C20H20ClN5O6. The molecule has 1 atom stereocenters. The lowest BCUT2D eigenvalue weighted by atomic mass is 10.1. The Morgan fingerprint density at radius 1 is 1.44 bits per heavy atom. The molecule has 2 rings (SSSR count). The topological polar surface area (TPSA) is 160 Å². The van der Waals surface area contributed by atoms with E-state index in [0.717, 1.165) is 10.6 Å². The zero-order valence-electron chi connectivity index (χ0n) is 17.5. The Morgan fingerprint density at radius 3 is 2.72 bits per heavy atom. The fourth-order valence-corrected chi connectivity index (χ4v) is 2.81. The Balaban J connectivity index is 2.47. The van der Waals surface area contributed by atoms with Gasteiger partial charge in [0.25, 0.3) is 11.2 Å². The van der Waals surface area contributed by atoms with Crippen molar-refractivity contribution in [1.29, 1.82) is 5.26 Å². The third-order valence-corrected chi connectivity index (χ3v) is 4.97. The van der Waals surface area contributed by atoms with E-state index in [2.05, 4.69) is 10.2 Å². The number of carbonyl (C=O) groups excluding carboxylic acids is 1. The van der Waals surface area contributed by atoms with E-state index in [4.69, 9.17) is 16.3 Å². The number of nitro benzene ring substituents is 1. The number of nitriles is 1. The van der Waals surface area contributed by atoms with Crippen LogP contribution >= 0.6 is 11.6 Å². The maximum Gasteiger partial charge on any atom is 0.308 e. The molecule has 0 saturated carbocycles. The van der Waals surface area contributed by atoms with Crippen molar-refractivity contribution in [2.24, 2.45) is 16.1 Å². The summed E-state index contributed by atoms with van der Waals surface area (Å²) in [6.45, 7) is 4.45. The van der Waals surface area contributed by atoms with Gasteiger partial charge in [0.05, 0.1) is 17.4 Å². The largest absolute Gasteiger partial charge is 0.493 e. The zero-order valence-corrected chi connectivity index (χ0v) is 18.3. The molecule has 1 aromatic carbocycles. The number of aromatic hydroxyl groups is 1. The fourth-order valence-electron chi connectivity index (χ4n) is 2.64. The molecule has 12 heteroatoms. The molecule has 0 fully saturated rings. The van der Waals surface area contributed by atoms with Crippen LogP contribution in [0.5, 0.6) is 5.88 Å². The number of nitro groups is 1. The van der Waals surface area contributed by atoms with Gasteiger partial charge in [-0.25, -0.2) is 0 Å². The van der Waals surface area contributed by atoms with E-state index in [1.807, 2.05) is 6.92 Å². The predicted octanol–water partition coefficient (Wildman–Crippen LogP) is 4.30. The zero-order chi connectivity index (χ0) is 24.0. The van der Waals surface area contributed by atoms with E-state index >= 15 is 0 Å². The Bertz CT molecular complexity index is 1180. The maximum atomic E-state index is 12.9. The van der Waals surface area contributed by atoms with E-state index in [9.17, 15) is 30.1 Å². The van der Waals surface area contributed by atoms with E-state index in [-0.39, 0.29) is 46.6 Å². The fraction of sp³-hybridized carbons (Fsp3) is 0.350. The Labute approximate surface area is 187 Å². The third-order valence-electron chi connectivity index (χ3n) is 4.73. The number of pyridine rings is 1. The average molecular weight is 462 g/mol. The van der Waals surface area contributed by atoms with Crippen molar-refractivity contribution < 1.29 is 19.6 Å². The second kappa shape index (κ2) is 10.5. The quantitative estimate of drug-likeness (QED) is 0.265. The van der Waals surface area contributed by atoms with Crippen molar-refractivity contribution in [2.45, 2.75) is 33.7 Å². The summed E-state index contributed by atoms with van der Waals surface area (Å²) in [4.78, 5) is 35.2. The molecule has 0 radical (unpaired) electrons. The number of nitrogens with zero attached hydrogens (tertiary/aromatic N) is 5. The Hall–Kier alpha value is -3.78. The highest BCUT2D eigenvalue weighted by Crippen LogP contribution is 2.32. The van der Waals surface area contributed by atoms with Gasteiger partial charge >= 0.3 is 5.97 Å². The third kappa shape index (κ3) is 5.28. The number of hydrogen-bond acceptors (Lipinski definition) is 9. The SMILES string of the molecule is CCC(C)C(=O)OCCn1c(O)c(C#N)c(C)c(N=Nc2ccc(Cl)cc2[N+](=O)[O-])c1=O. The molecule has 1 unspecified atom stereocenters. The van der Waals surface area contributed by atoms with Crippen molar-refractivity contribution in [3.05, 3.63) is 54.8 Å². The summed E-state index contributed by atoms with van der Waals surface area (Å²) in [7, 11) is 0. The lowest BCUT2D eigenvalue weighted by molar-refractivity contribution is -0.384. The van der Waals surface area contributed by atoms with Crippen molar-refractivity contribution in [3.63, 3.8) is 0 Å². The van der Waals surface area contributed by atoms with Gasteiger partial charge in [-0.2, -0.15) is 5.26 Å². The van der Waals surface area contributed by atoms with Gasteiger partial charge in [-0.3, -0.25) is 24.3 Å². The van der Waals surface area contributed by atoms with Crippen LogP contribution in [0, 0.1) is 34.3 Å². The van der Waals surface area contributed by atoms with Gasteiger partial charge in [-0.15, -0.1) is 10.2 Å². The molecule has 0 spiro atoms. The molecule has 11 nitrogen and oxygen atoms in total. The highest BCUT2D eigenvalue weighted by molar-refractivity contribution is 6.30. The summed E-state index contributed by atoms with van der Waals surface area (Å²) in [5.41, 5.74) is -1.86.